The summed E-state index contributed by atoms with van der Waals surface area (Å²) in [7, 11) is 3.87. The Hall–Kier alpha value is -0.940. The van der Waals surface area contributed by atoms with Gasteiger partial charge in [-0.3, -0.25) is 4.79 Å². The van der Waals surface area contributed by atoms with E-state index in [1.165, 1.54) is 0 Å². The van der Waals surface area contributed by atoms with E-state index >= 15 is 0 Å². The molecule has 0 aliphatic heterocycles. The van der Waals surface area contributed by atoms with Gasteiger partial charge in [0.05, 0.1) is 4.47 Å². The second-order valence-corrected chi connectivity index (χ2v) is 4.29. The van der Waals surface area contributed by atoms with Crippen LogP contribution in [0.2, 0.25) is 0 Å². The first-order valence-electron chi connectivity index (χ1n) is 4.64. The highest BCUT2D eigenvalue weighted by molar-refractivity contribution is 9.10. The molecule has 0 radical (unpaired) electrons. The van der Waals surface area contributed by atoms with Crippen LogP contribution in [0.15, 0.2) is 22.8 Å². The standard InChI is InChI=1S/C10H14BrN3O/c1-14(2)7-5-9(15)13-10-8(11)4-3-6-12-10/h3-4,6H,5,7H2,1-2H3,(H,12,13,15). The quantitative estimate of drug-likeness (QED) is 0.908. The van der Waals surface area contributed by atoms with Crippen LogP contribution in [0.5, 0.6) is 0 Å². The summed E-state index contributed by atoms with van der Waals surface area (Å²) in [6.07, 6.45) is 2.11. The normalized spacial score (nSPS) is 10.4. The van der Waals surface area contributed by atoms with Gasteiger partial charge in [-0.05, 0) is 42.2 Å². The third kappa shape index (κ3) is 4.40. The Labute approximate surface area is 97.8 Å². The zero-order valence-electron chi connectivity index (χ0n) is 8.83. The molecule has 0 bridgehead atoms. The van der Waals surface area contributed by atoms with Crippen molar-refractivity contribution in [2.24, 2.45) is 0 Å². The van der Waals surface area contributed by atoms with E-state index in [9.17, 15) is 4.79 Å². The Bertz CT molecular complexity index is 341. The van der Waals surface area contributed by atoms with Gasteiger partial charge in [0, 0.05) is 19.2 Å². The lowest BCUT2D eigenvalue weighted by Gasteiger charge is -2.09. The fraction of sp³-hybridized carbons (Fsp3) is 0.400. The van der Waals surface area contributed by atoms with Gasteiger partial charge >= 0.3 is 0 Å². The van der Waals surface area contributed by atoms with E-state index in [1.807, 2.05) is 25.1 Å². The van der Waals surface area contributed by atoms with Crippen LogP contribution in [0.25, 0.3) is 0 Å². The molecule has 1 aromatic heterocycles. The van der Waals surface area contributed by atoms with Crippen LogP contribution >= 0.6 is 15.9 Å². The van der Waals surface area contributed by atoms with E-state index in [-0.39, 0.29) is 5.91 Å². The number of amides is 1. The second kappa shape index (κ2) is 5.82. The fourth-order valence-corrected chi connectivity index (χ4v) is 1.35. The van der Waals surface area contributed by atoms with E-state index in [4.69, 9.17) is 0 Å². The van der Waals surface area contributed by atoms with Crippen LogP contribution < -0.4 is 5.32 Å². The Balaban J connectivity index is 2.48. The first-order chi connectivity index (χ1) is 7.09. The molecule has 1 aromatic rings. The number of nitrogens with one attached hydrogen (secondary N) is 1. The van der Waals surface area contributed by atoms with E-state index in [0.29, 0.717) is 12.2 Å². The van der Waals surface area contributed by atoms with Crippen molar-refractivity contribution in [3.63, 3.8) is 0 Å². The molecule has 0 unspecified atom stereocenters. The molecule has 0 saturated carbocycles. The van der Waals surface area contributed by atoms with E-state index in [0.717, 1.165) is 11.0 Å². The highest BCUT2D eigenvalue weighted by Crippen LogP contribution is 2.18. The average Bonchev–Trinajstić information content (AvgIpc) is 2.18. The van der Waals surface area contributed by atoms with Gasteiger partial charge in [-0.2, -0.15) is 0 Å². The third-order valence-electron chi connectivity index (χ3n) is 1.80. The van der Waals surface area contributed by atoms with Gasteiger partial charge in [0.15, 0.2) is 0 Å². The van der Waals surface area contributed by atoms with Gasteiger partial charge in [-0.1, -0.05) is 0 Å². The predicted molar refractivity (Wildman–Crippen MR) is 63.7 cm³/mol. The average molecular weight is 272 g/mol. The summed E-state index contributed by atoms with van der Waals surface area (Å²) in [6, 6.07) is 3.65. The summed E-state index contributed by atoms with van der Waals surface area (Å²) in [6.45, 7) is 0.732. The molecule has 0 atom stereocenters. The van der Waals surface area contributed by atoms with Gasteiger partial charge in [0.2, 0.25) is 5.91 Å². The van der Waals surface area contributed by atoms with Crippen molar-refractivity contribution in [3.05, 3.63) is 22.8 Å². The molecule has 1 amide bonds. The topological polar surface area (TPSA) is 45.2 Å². The molecule has 0 spiro atoms. The van der Waals surface area contributed by atoms with Gasteiger partial charge in [0.25, 0.3) is 0 Å². The number of rotatable bonds is 4. The van der Waals surface area contributed by atoms with Crippen molar-refractivity contribution < 1.29 is 4.79 Å². The van der Waals surface area contributed by atoms with Gasteiger partial charge < -0.3 is 10.2 Å². The molecule has 0 aromatic carbocycles. The Morgan fingerprint density at radius 1 is 1.60 bits per heavy atom. The Morgan fingerprint density at radius 3 is 2.93 bits per heavy atom. The summed E-state index contributed by atoms with van der Waals surface area (Å²) in [4.78, 5) is 17.5. The van der Waals surface area contributed by atoms with Crippen molar-refractivity contribution in [1.29, 1.82) is 0 Å². The minimum Gasteiger partial charge on any atom is -0.310 e. The zero-order chi connectivity index (χ0) is 11.3. The number of carbonyl (C=O) groups is 1. The summed E-state index contributed by atoms with van der Waals surface area (Å²) in [5.74, 6) is 0.546. The predicted octanol–water partition coefficient (Wildman–Crippen LogP) is 1.73. The van der Waals surface area contributed by atoms with Crippen LogP contribution in [0, 0.1) is 0 Å². The first-order valence-corrected chi connectivity index (χ1v) is 5.44. The molecule has 1 N–H and O–H groups in total. The van der Waals surface area contributed by atoms with Gasteiger partial charge in [-0.15, -0.1) is 0 Å². The lowest BCUT2D eigenvalue weighted by Crippen LogP contribution is -2.21. The largest absolute Gasteiger partial charge is 0.310 e. The smallest absolute Gasteiger partial charge is 0.226 e. The number of halogens is 1. The molecule has 1 heterocycles. The SMILES string of the molecule is CN(C)CCC(=O)Nc1ncccc1Br. The van der Waals surface area contributed by atoms with E-state index < -0.39 is 0 Å². The van der Waals surface area contributed by atoms with Crippen LogP contribution in [-0.2, 0) is 4.79 Å². The van der Waals surface area contributed by atoms with Crippen LogP contribution in [0.1, 0.15) is 6.42 Å². The minimum atomic E-state index is -0.0249. The molecule has 1 rings (SSSR count). The van der Waals surface area contributed by atoms with Crippen molar-refractivity contribution >= 4 is 27.7 Å². The van der Waals surface area contributed by atoms with Crippen molar-refractivity contribution in [2.45, 2.75) is 6.42 Å². The number of hydrogen-bond donors (Lipinski definition) is 1. The monoisotopic (exact) mass is 271 g/mol. The lowest BCUT2D eigenvalue weighted by molar-refractivity contribution is -0.116. The van der Waals surface area contributed by atoms with Crippen molar-refractivity contribution in [3.8, 4) is 0 Å². The van der Waals surface area contributed by atoms with E-state index in [2.05, 4.69) is 26.2 Å². The number of aromatic nitrogens is 1. The summed E-state index contributed by atoms with van der Waals surface area (Å²) < 4.78 is 0.795. The molecular weight excluding hydrogens is 258 g/mol. The van der Waals surface area contributed by atoms with Crippen molar-refractivity contribution in [1.82, 2.24) is 9.88 Å². The first kappa shape index (κ1) is 12.1. The van der Waals surface area contributed by atoms with Gasteiger partial charge in [-0.25, -0.2) is 4.98 Å². The maximum absolute atomic E-state index is 11.5. The maximum Gasteiger partial charge on any atom is 0.226 e. The molecule has 4 nitrogen and oxygen atoms in total. The van der Waals surface area contributed by atoms with Crippen molar-refractivity contribution in [2.75, 3.05) is 26.0 Å². The molecular formula is C10H14BrN3O. The van der Waals surface area contributed by atoms with Crippen LogP contribution in [0.4, 0.5) is 5.82 Å². The molecule has 0 aliphatic rings. The fourth-order valence-electron chi connectivity index (χ4n) is 0.997. The number of pyridine rings is 1. The molecule has 0 saturated heterocycles. The second-order valence-electron chi connectivity index (χ2n) is 3.44. The Morgan fingerprint density at radius 2 is 2.33 bits per heavy atom. The maximum atomic E-state index is 11.5. The number of carbonyl (C=O) groups excluding carboxylic acids is 1. The number of nitrogens with zero attached hydrogens (tertiary/aromatic N) is 2. The van der Waals surface area contributed by atoms with Crippen LogP contribution in [-0.4, -0.2) is 36.4 Å². The summed E-state index contributed by atoms with van der Waals surface area (Å²) >= 11 is 3.32. The number of anilines is 1. The highest BCUT2D eigenvalue weighted by atomic mass is 79.9. The zero-order valence-corrected chi connectivity index (χ0v) is 10.4. The Kier molecular flexibility index (Phi) is 4.71. The molecule has 15 heavy (non-hydrogen) atoms. The lowest BCUT2D eigenvalue weighted by atomic mass is 10.3. The van der Waals surface area contributed by atoms with Gasteiger partial charge in [0.1, 0.15) is 5.82 Å². The summed E-state index contributed by atoms with van der Waals surface area (Å²) in [5.41, 5.74) is 0. The summed E-state index contributed by atoms with van der Waals surface area (Å²) in [5, 5.41) is 2.74. The third-order valence-corrected chi connectivity index (χ3v) is 2.44. The van der Waals surface area contributed by atoms with Crippen LogP contribution in [0.3, 0.4) is 0 Å². The van der Waals surface area contributed by atoms with E-state index in [1.54, 1.807) is 12.3 Å². The molecule has 0 fully saturated rings. The number of hydrogen-bond acceptors (Lipinski definition) is 3. The highest BCUT2D eigenvalue weighted by Gasteiger charge is 2.06. The molecule has 82 valence electrons. The molecule has 0 aliphatic carbocycles. The minimum absolute atomic E-state index is 0.0249. The molecule has 5 heteroatoms.